The van der Waals surface area contributed by atoms with Crippen LogP contribution in [0.15, 0.2) is 0 Å². The number of esters is 1. The van der Waals surface area contributed by atoms with Crippen LogP contribution < -0.4 is 0 Å². The zero-order chi connectivity index (χ0) is 18.9. The monoisotopic (exact) mass is 370 g/mol. The van der Waals surface area contributed by atoms with Gasteiger partial charge in [0.25, 0.3) is 0 Å². The fourth-order valence-corrected chi connectivity index (χ4v) is 2.64. The second-order valence-electron chi connectivity index (χ2n) is 5.75. The number of aliphatic hydroxyl groups is 7. The normalized spacial score (nSPS) is 48.2. The van der Waals surface area contributed by atoms with Gasteiger partial charge in [0.2, 0.25) is 0 Å². The highest BCUT2D eigenvalue weighted by Crippen LogP contribution is 2.29. The van der Waals surface area contributed by atoms with Crippen LogP contribution >= 0.6 is 0 Å². The van der Waals surface area contributed by atoms with Crippen LogP contribution in [0.2, 0.25) is 0 Å². The van der Waals surface area contributed by atoms with Crippen LogP contribution in [-0.4, -0.2) is 117 Å². The van der Waals surface area contributed by atoms with E-state index in [2.05, 4.69) is 4.74 Å². The van der Waals surface area contributed by atoms with E-state index in [9.17, 15) is 35.4 Å². The van der Waals surface area contributed by atoms with E-state index in [-0.39, 0.29) is 0 Å². The summed E-state index contributed by atoms with van der Waals surface area (Å²) in [6, 6.07) is 0. The first-order chi connectivity index (χ1) is 11.7. The van der Waals surface area contributed by atoms with Gasteiger partial charge in [-0.25, -0.2) is 4.79 Å². The number of carbonyl (C=O) groups excluding carboxylic acids is 1. The Morgan fingerprint density at radius 1 is 0.920 bits per heavy atom. The van der Waals surface area contributed by atoms with Crippen molar-refractivity contribution in [3.05, 3.63) is 0 Å². The van der Waals surface area contributed by atoms with E-state index in [0.29, 0.717) is 0 Å². The van der Waals surface area contributed by atoms with E-state index >= 15 is 0 Å². The molecule has 12 heteroatoms. The highest BCUT2D eigenvalue weighted by atomic mass is 16.7. The van der Waals surface area contributed by atoms with Crippen molar-refractivity contribution in [1.29, 1.82) is 0 Å². The maximum Gasteiger partial charge on any atom is 0.337 e. The zero-order valence-corrected chi connectivity index (χ0v) is 13.2. The van der Waals surface area contributed by atoms with Crippen LogP contribution in [0.5, 0.6) is 0 Å². The number of ether oxygens (including phenoxy) is 4. The molecule has 25 heavy (non-hydrogen) atoms. The largest absolute Gasteiger partial charge is 0.467 e. The number of hydrogen-bond acceptors (Lipinski definition) is 12. The molecule has 0 unspecified atom stereocenters. The SMILES string of the molecule is COC(=O)[C@H]1O[C@@H](O)[C@H](O)[C@@H](O)[C@@H]1O[C@H]1O[C@H](CO)[C@@H](O)[C@H](O)[C@H]1O. The molecule has 0 bridgehead atoms. The molecule has 0 amide bonds. The maximum atomic E-state index is 11.8. The molecule has 0 radical (unpaired) electrons. The van der Waals surface area contributed by atoms with Gasteiger partial charge in [-0.05, 0) is 0 Å². The zero-order valence-electron chi connectivity index (χ0n) is 13.2. The number of methoxy groups -OCH3 is 1. The van der Waals surface area contributed by atoms with Crippen LogP contribution in [0.4, 0.5) is 0 Å². The average Bonchev–Trinajstić information content (AvgIpc) is 2.61. The molecule has 0 spiro atoms. The quantitative estimate of drug-likeness (QED) is 0.233. The van der Waals surface area contributed by atoms with E-state index < -0.39 is 74.0 Å². The van der Waals surface area contributed by atoms with Gasteiger partial charge in [0.1, 0.15) is 42.7 Å². The predicted molar refractivity (Wildman–Crippen MR) is 73.5 cm³/mol. The molecule has 146 valence electrons. The van der Waals surface area contributed by atoms with Gasteiger partial charge in [0.15, 0.2) is 18.7 Å². The van der Waals surface area contributed by atoms with Crippen molar-refractivity contribution in [2.24, 2.45) is 0 Å². The Morgan fingerprint density at radius 2 is 1.56 bits per heavy atom. The van der Waals surface area contributed by atoms with Crippen molar-refractivity contribution in [2.45, 2.75) is 61.4 Å². The Morgan fingerprint density at radius 3 is 2.12 bits per heavy atom. The fraction of sp³-hybridized carbons (Fsp3) is 0.923. The van der Waals surface area contributed by atoms with Crippen molar-refractivity contribution in [3.63, 3.8) is 0 Å². The Balaban J connectivity index is 2.20. The number of rotatable bonds is 4. The molecule has 0 aromatic rings. The summed E-state index contributed by atoms with van der Waals surface area (Å²) in [4.78, 5) is 11.8. The molecule has 2 aliphatic heterocycles. The molecular formula is C13H22O12. The summed E-state index contributed by atoms with van der Waals surface area (Å²) in [6.07, 6.45) is -17.0. The minimum atomic E-state index is -1.89. The molecule has 2 fully saturated rings. The Kier molecular flexibility index (Phi) is 6.67. The third-order valence-corrected chi connectivity index (χ3v) is 4.14. The summed E-state index contributed by atoms with van der Waals surface area (Å²) in [5.41, 5.74) is 0. The van der Waals surface area contributed by atoms with Gasteiger partial charge in [0, 0.05) is 0 Å². The summed E-state index contributed by atoms with van der Waals surface area (Å²) in [5, 5.41) is 67.8. The maximum absolute atomic E-state index is 11.8. The van der Waals surface area contributed by atoms with E-state index in [1.807, 2.05) is 0 Å². The lowest BCUT2D eigenvalue weighted by Gasteiger charge is -2.44. The van der Waals surface area contributed by atoms with E-state index in [0.717, 1.165) is 7.11 Å². The van der Waals surface area contributed by atoms with Gasteiger partial charge in [-0.2, -0.15) is 0 Å². The highest BCUT2D eigenvalue weighted by Gasteiger charge is 2.52. The molecule has 2 heterocycles. The molecule has 10 atom stereocenters. The topological polar surface area (TPSA) is 196 Å². The molecule has 2 aliphatic rings. The summed E-state index contributed by atoms with van der Waals surface area (Å²) in [5.74, 6) is -1.04. The van der Waals surface area contributed by atoms with Crippen LogP contribution in [0.1, 0.15) is 0 Å². The van der Waals surface area contributed by atoms with Gasteiger partial charge in [-0.1, -0.05) is 0 Å². The first-order valence-corrected chi connectivity index (χ1v) is 7.46. The van der Waals surface area contributed by atoms with Crippen LogP contribution in [-0.2, 0) is 23.7 Å². The van der Waals surface area contributed by atoms with Gasteiger partial charge < -0.3 is 54.7 Å². The molecule has 0 saturated carbocycles. The van der Waals surface area contributed by atoms with Crippen LogP contribution in [0, 0.1) is 0 Å². The lowest BCUT2D eigenvalue weighted by atomic mass is 9.97. The smallest absolute Gasteiger partial charge is 0.337 e. The first-order valence-electron chi connectivity index (χ1n) is 7.46. The van der Waals surface area contributed by atoms with E-state index in [1.54, 1.807) is 0 Å². The van der Waals surface area contributed by atoms with Gasteiger partial charge in [-0.15, -0.1) is 0 Å². The highest BCUT2D eigenvalue weighted by molar-refractivity contribution is 5.75. The minimum Gasteiger partial charge on any atom is -0.467 e. The fourth-order valence-electron chi connectivity index (χ4n) is 2.64. The molecule has 0 aromatic heterocycles. The standard InChI is InChI=1S/C13H22O12/c1-22-12(21)10-9(6(17)7(18)11(20)24-10)25-13-8(19)5(16)4(15)3(2-14)23-13/h3-11,13-20H,2H2,1H3/t3-,4-,5+,6-,7-,8-,9+,10+,11-,13-/m1/s1. The van der Waals surface area contributed by atoms with Crippen molar-refractivity contribution in [3.8, 4) is 0 Å². The minimum absolute atomic E-state index is 0.712. The van der Waals surface area contributed by atoms with Gasteiger partial charge in [-0.3, -0.25) is 0 Å². The van der Waals surface area contributed by atoms with Gasteiger partial charge >= 0.3 is 5.97 Å². The molecule has 12 nitrogen and oxygen atoms in total. The van der Waals surface area contributed by atoms with Crippen LogP contribution in [0.3, 0.4) is 0 Å². The molecule has 0 aliphatic carbocycles. The van der Waals surface area contributed by atoms with Crippen molar-refractivity contribution >= 4 is 5.97 Å². The predicted octanol–water partition coefficient (Wildman–Crippen LogP) is -5.22. The lowest BCUT2D eigenvalue weighted by Crippen LogP contribution is -2.65. The van der Waals surface area contributed by atoms with Crippen molar-refractivity contribution in [2.75, 3.05) is 13.7 Å². The summed E-state index contributed by atoms with van der Waals surface area (Å²) in [7, 11) is 1.01. The summed E-state index contributed by atoms with van der Waals surface area (Å²) >= 11 is 0. The molecular weight excluding hydrogens is 348 g/mol. The molecule has 0 aromatic carbocycles. The Bertz CT molecular complexity index is 458. The third-order valence-electron chi connectivity index (χ3n) is 4.14. The average molecular weight is 370 g/mol. The third kappa shape index (κ3) is 3.93. The second kappa shape index (κ2) is 8.18. The summed E-state index contributed by atoms with van der Waals surface area (Å²) < 4.78 is 19.7. The molecule has 7 N–H and O–H groups in total. The molecule has 2 saturated heterocycles. The van der Waals surface area contributed by atoms with Crippen LogP contribution in [0.25, 0.3) is 0 Å². The number of hydrogen-bond donors (Lipinski definition) is 7. The van der Waals surface area contributed by atoms with Crippen molar-refractivity contribution < 1.29 is 59.5 Å². The summed E-state index contributed by atoms with van der Waals surface area (Å²) in [6.45, 7) is -0.712. The van der Waals surface area contributed by atoms with E-state index in [1.165, 1.54) is 0 Å². The van der Waals surface area contributed by atoms with E-state index in [4.69, 9.17) is 19.3 Å². The molecule has 2 rings (SSSR count). The van der Waals surface area contributed by atoms with Crippen molar-refractivity contribution in [1.82, 2.24) is 0 Å². The Labute approximate surface area is 141 Å². The second-order valence-corrected chi connectivity index (χ2v) is 5.75. The lowest BCUT2D eigenvalue weighted by molar-refractivity contribution is -0.350. The number of carbonyl (C=O) groups is 1. The van der Waals surface area contributed by atoms with Gasteiger partial charge in [0.05, 0.1) is 13.7 Å². The number of aliphatic hydroxyl groups excluding tert-OH is 7. The first kappa shape index (κ1) is 20.4. The Hall–Kier alpha value is -0.930.